The van der Waals surface area contributed by atoms with Gasteiger partial charge in [-0.3, -0.25) is 0 Å². The van der Waals surface area contributed by atoms with Crippen molar-refractivity contribution in [2.75, 3.05) is 0 Å². The van der Waals surface area contributed by atoms with Gasteiger partial charge in [0.25, 0.3) is 0 Å². The molecule has 0 bridgehead atoms. The normalized spacial score (nSPS) is 10.9. The van der Waals surface area contributed by atoms with Gasteiger partial charge < -0.3 is 5.11 Å². The van der Waals surface area contributed by atoms with Crippen molar-refractivity contribution in [3.63, 3.8) is 0 Å². The average Bonchev–Trinajstić information content (AvgIpc) is 2.42. The molecule has 2 aromatic rings. The number of aryl methyl sites for hydroxylation is 2. The second-order valence-corrected chi connectivity index (χ2v) is 6.51. The molecular weight excluding hydrogens is 282 g/mol. The third-order valence-corrected chi connectivity index (χ3v) is 4.30. The van der Waals surface area contributed by atoms with Crippen LogP contribution < -0.4 is 0 Å². The van der Waals surface area contributed by atoms with Crippen molar-refractivity contribution in [2.24, 2.45) is 0 Å². The minimum Gasteiger partial charge on any atom is -0.478 e. The Labute approximate surface area is 129 Å². The molecule has 1 heterocycles. The molecule has 3 nitrogen and oxygen atoms in total. The summed E-state index contributed by atoms with van der Waals surface area (Å²) in [5, 5.41) is 9.97. The summed E-state index contributed by atoms with van der Waals surface area (Å²) in [6.45, 7) is 8.12. The molecule has 110 valence electrons. The third kappa shape index (κ3) is 3.85. The highest BCUT2D eigenvalue weighted by Gasteiger charge is 2.12. The molecule has 0 radical (unpaired) electrons. The fraction of sp³-hybridized carbons (Fsp3) is 0.294. The van der Waals surface area contributed by atoms with Gasteiger partial charge in [-0.25, -0.2) is 9.78 Å². The summed E-state index contributed by atoms with van der Waals surface area (Å²) < 4.78 is 0. The molecule has 2 rings (SSSR count). The average molecular weight is 301 g/mol. The van der Waals surface area contributed by atoms with E-state index in [-0.39, 0.29) is 5.92 Å². The minimum absolute atomic E-state index is 0.197. The Bertz CT molecular complexity index is 680. The van der Waals surface area contributed by atoms with Gasteiger partial charge in [0.1, 0.15) is 5.03 Å². The molecule has 0 atom stereocenters. The maximum absolute atomic E-state index is 11.3. The maximum atomic E-state index is 11.3. The predicted octanol–water partition coefficient (Wildman–Crippen LogP) is 4.67. The second kappa shape index (κ2) is 6.31. The van der Waals surface area contributed by atoms with Crippen molar-refractivity contribution in [3.8, 4) is 0 Å². The Morgan fingerprint density at radius 3 is 2.52 bits per heavy atom. The molecule has 4 heteroatoms. The summed E-state index contributed by atoms with van der Waals surface area (Å²) in [6.07, 6.45) is 0. The molecule has 0 spiro atoms. The van der Waals surface area contributed by atoms with Gasteiger partial charge in [-0.1, -0.05) is 37.7 Å². The van der Waals surface area contributed by atoms with Gasteiger partial charge >= 0.3 is 5.97 Å². The third-order valence-electron chi connectivity index (χ3n) is 3.22. The van der Waals surface area contributed by atoms with Crippen LogP contribution in [0.2, 0.25) is 0 Å². The summed E-state index contributed by atoms with van der Waals surface area (Å²) in [6, 6.07) is 9.53. The molecule has 0 aliphatic rings. The van der Waals surface area contributed by atoms with Crippen molar-refractivity contribution in [3.05, 3.63) is 52.7 Å². The van der Waals surface area contributed by atoms with Gasteiger partial charge in [-0.05, 0) is 49.1 Å². The zero-order valence-electron chi connectivity index (χ0n) is 12.7. The van der Waals surface area contributed by atoms with Crippen LogP contribution in [-0.4, -0.2) is 16.1 Å². The number of benzene rings is 1. The zero-order chi connectivity index (χ0) is 15.6. The monoisotopic (exact) mass is 301 g/mol. The van der Waals surface area contributed by atoms with Gasteiger partial charge in [-0.2, -0.15) is 0 Å². The fourth-order valence-corrected chi connectivity index (χ4v) is 2.96. The topological polar surface area (TPSA) is 50.2 Å². The Morgan fingerprint density at radius 2 is 1.90 bits per heavy atom. The summed E-state index contributed by atoms with van der Waals surface area (Å²) in [5.41, 5.74) is 3.45. The highest BCUT2D eigenvalue weighted by Crippen LogP contribution is 2.31. The number of carboxylic acid groups (broad SMARTS) is 1. The van der Waals surface area contributed by atoms with Crippen LogP contribution in [0.3, 0.4) is 0 Å². The van der Waals surface area contributed by atoms with E-state index in [1.54, 1.807) is 12.1 Å². The number of hydrogen-bond donors (Lipinski definition) is 1. The smallest absolute Gasteiger partial charge is 0.335 e. The number of carboxylic acids is 1. The van der Waals surface area contributed by atoms with Crippen LogP contribution in [0.5, 0.6) is 0 Å². The molecular formula is C17H19NO2S. The first-order chi connectivity index (χ1) is 9.86. The van der Waals surface area contributed by atoms with Crippen molar-refractivity contribution < 1.29 is 9.90 Å². The molecule has 21 heavy (non-hydrogen) atoms. The molecule has 0 saturated carbocycles. The number of nitrogens with zero attached hydrogens (tertiary/aromatic N) is 1. The lowest BCUT2D eigenvalue weighted by Crippen LogP contribution is -2.02. The summed E-state index contributed by atoms with van der Waals surface area (Å²) >= 11 is 1.52. The molecule has 0 amide bonds. The summed E-state index contributed by atoms with van der Waals surface area (Å²) in [5.74, 6) is -0.718. The first kappa shape index (κ1) is 15.6. The Kier molecular flexibility index (Phi) is 4.68. The van der Waals surface area contributed by atoms with E-state index in [2.05, 4.69) is 23.2 Å². The molecule has 0 saturated heterocycles. The number of aromatic carboxylic acids is 1. The lowest BCUT2D eigenvalue weighted by atomic mass is 10.1. The molecule has 0 aliphatic carbocycles. The van der Waals surface area contributed by atoms with E-state index >= 15 is 0 Å². The minimum atomic E-state index is -0.915. The number of aromatic nitrogens is 1. The van der Waals surface area contributed by atoms with Crippen LogP contribution in [0.1, 0.15) is 46.9 Å². The first-order valence-corrected chi connectivity index (χ1v) is 7.69. The van der Waals surface area contributed by atoms with E-state index in [0.717, 1.165) is 15.6 Å². The van der Waals surface area contributed by atoms with Crippen molar-refractivity contribution in [1.29, 1.82) is 0 Å². The Morgan fingerprint density at radius 1 is 1.19 bits per heavy atom. The lowest BCUT2D eigenvalue weighted by Gasteiger charge is -2.11. The molecule has 0 aliphatic heterocycles. The highest BCUT2D eigenvalue weighted by atomic mass is 32.2. The Hall–Kier alpha value is -1.81. The molecule has 0 fully saturated rings. The van der Waals surface area contributed by atoms with Gasteiger partial charge in [0.05, 0.1) is 5.56 Å². The van der Waals surface area contributed by atoms with E-state index in [4.69, 9.17) is 0 Å². The van der Waals surface area contributed by atoms with Crippen LogP contribution in [0.15, 0.2) is 40.3 Å². The van der Waals surface area contributed by atoms with Crippen LogP contribution in [0, 0.1) is 13.8 Å². The van der Waals surface area contributed by atoms with E-state index in [1.807, 2.05) is 27.7 Å². The number of hydrogen-bond acceptors (Lipinski definition) is 3. The van der Waals surface area contributed by atoms with Crippen molar-refractivity contribution in [2.45, 2.75) is 43.5 Å². The number of carbonyl (C=O) groups is 1. The second-order valence-electron chi connectivity index (χ2n) is 5.45. The molecule has 1 aromatic carbocycles. The van der Waals surface area contributed by atoms with E-state index in [9.17, 15) is 9.90 Å². The van der Waals surface area contributed by atoms with Crippen LogP contribution in [0.4, 0.5) is 0 Å². The SMILES string of the molecule is Cc1ccc(C)c(Sc2cc(C(=O)O)cc(C(C)C)n2)c1. The van der Waals surface area contributed by atoms with Gasteiger partial charge in [0, 0.05) is 10.6 Å². The Balaban J connectivity index is 2.43. The lowest BCUT2D eigenvalue weighted by molar-refractivity contribution is 0.0696. The van der Waals surface area contributed by atoms with Gasteiger partial charge in [0.15, 0.2) is 0 Å². The van der Waals surface area contributed by atoms with Gasteiger partial charge in [-0.15, -0.1) is 0 Å². The van der Waals surface area contributed by atoms with Crippen LogP contribution in [0.25, 0.3) is 0 Å². The summed E-state index contributed by atoms with van der Waals surface area (Å²) in [7, 11) is 0. The fourth-order valence-electron chi connectivity index (χ4n) is 1.93. The van der Waals surface area contributed by atoms with Crippen LogP contribution >= 0.6 is 11.8 Å². The molecule has 1 N–H and O–H groups in total. The quantitative estimate of drug-likeness (QED) is 0.891. The standard InChI is InChI=1S/C17H19NO2S/c1-10(2)14-8-13(17(19)20)9-16(18-14)21-15-7-11(3)5-6-12(15)4/h5-10H,1-4H3,(H,19,20). The number of pyridine rings is 1. The van der Waals surface area contributed by atoms with Crippen molar-refractivity contribution >= 4 is 17.7 Å². The number of rotatable bonds is 4. The molecule has 0 unspecified atom stereocenters. The highest BCUT2D eigenvalue weighted by molar-refractivity contribution is 7.99. The van der Waals surface area contributed by atoms with E-state index in [0.29, 0.717) is 5.56 Å². The van der Waals surface area contributed by atoms with Gasteiger partial charge in [0.2, 0.25) is 0 Å². The van der Waals surface area contributed by atoms with E-state index < -0.39 is 5.97 Å². The zero-order valence-corrected chi connectivity index (χ0v) is 13.5. The largest absolute Gasteiger partial charge is 0.478 e. The summed E-state index contributed by atoms with van der Waals surface area (Å²) in [4.78, 5) is 17.0. The van der Waals surface area contributed by atoms with E-state index in [1.165, 1.54) is 22.9 Å². The van der Waals surface area contributed by atoms with Crippen LogP contribution in [-0.2, 0) is 0 Å². The predicted molar refractivity (Wildman–Crippen MR) is 85.3 cm³/mol. The first-order valence-electron chi connectivity index (χ1n) is 6.87. The van der Waals surface area contributed by atoms with Crippen molar-refractivity contribution in [1.82, 2.24) is 4.98 Å². The molecule has 1 aromatic heterocycles. The maximum Gasteiger partial charge on any atom is 0.335 e.